The van der Waals surface area contributed by atoms with Crippen molar-refractivity contribution < 1.29 is 14.0 Å². The van der Waals surface area contributed by atoms with Crippen LogP contribution in [0.15, 0.2) is 47.1 Å². The Balaban J connectivity index is 1.76. The molecule has 164 valence electrons. The van der Waals surface area contributed by atoms with Crippen LogP contribution in [0.25, 0.3) is 22.5 Å². The number of aryl methyl sites for hydroxylation is 2. The molecular formula is C23H22ClN5O3. The Bertz CT molecular complexity index is 1330. The molecule has 3 aromatic heterocycles. The molecule has 0 bridgehead atoms. The van der Waals surface area contributed by atoms with E-state index in [1.165, 1.54) is 0 Å². The second kappa shape index (κ2) is 8.47. The minimum atomic E-state index is -0.398. The molecule has 0 spiro atoms. The number of anilines is 1. The van der Waals surface area contributed by atoms with E-state index in [9.17, 15) is 9.59 Å². The molecule has 0 radical (unpaired) electrons. The molecular weight excluding hydrogens is 430 g/mol. The van der Waals surface area contributed by atoms with E-state index in [-0.39, 0.29) is 11.9 Å². The van der Waals surface area contributed by atoms with Crippen molar-refractivity contribution in [2.24, 2.45) is 7.05 Å². The zero-order valence-electron chi connectivity index (χ0n) is 18.1. The Kier molecular flexibility index (Phi) is 5.71. The second-order valence-electron chi connectivity index (χ2n) is 7.72. The fourth-order valence-electron chi connectivity index (χ4n) is 3.47. The van der Waals surface area contributed by atoms with Crippen molar-refractivity contribution in [2.75, 3.05) is 5.32 Å². The molecule has 4 rings (SSSR count). The fraction of sp³-hybridized carbons (Fsp3) is 0.217. The fourth-order valence-corrected chi connectivity index (χ4v) is 3.64. The highest BCUT2D eigenvalue weighted by Crippen LogP contribution is 2.29. The Labute approximate surface area is 189 Å². The van der Waals surface area contributed by atoms with E-state index in [4.69, 9.17) is 16.0 Å². The highest BCUT2D eigenvalue weighted by atomic mass is 35.5. The second-order valence-corrected chi connectivity index (χ2v) is 8.12. The number of nitrogens with zero attached hydrogens (tertiary/aromatic N) is 3. The number of nitrogens with one attached hydrogen (secondary N) is 2. The zero-order valence-corrected chi connectivity index (χ0v) is 18.8. The van der Waals surface area contributed by atoms with Gasteiger partial charge in [-0.15, -0.1) is 0 Å². The number of aromatic nitrogens is 3. The van der Waals surface area contributed by atoms with Gasteiger partial charge in [-0.25, -0.2) is 4.98 Å². The van der Waals surface area contributed by atoms with Gasteiger partial charge < -0.3 is 15.1 Å². The van der Waals surface area contributed by atoms with Crippen LogP contribution in [0.5, 0.6) is 0 Å². The molecule has 1 aromatic carbocycles. The summed E-state index contributed by atoms with van der Waals surface area (Å²) in [6.07, 6.45) is 1.54. The van der Waals surface area contributed by atoms with Gasteiger partial charge >= 0.3 is 0 Å². The lowest BCUT2D eigenvalue weighted by atomic mass is 10.1. The van der Waals surface area contributed by atoms with Crippen LogP contribution in [0.2, 0.25) is 5.02 Å². The van der Waals surface area contributed by atoms with E-state index in [0.717, 1.165) is 0 Å². The third-order valence-corrected chi connectivity index (χ3v) is 5.21. The number of rotatable bonds is 5. The van der Waals surface area contributed by atoms with E-state index in [1.54, 1.807) is 54.4 Å². The third kappa shape index (κ3) is 4.09. The first-order valence-electron chi connectivity index (χ1n) is 10.0. The van der Waals surface area contributed by atoms with Crippen molar-refractivity contribution in [1.82, 2.24) is 20.1 Å². The molecule has 0 aliphatic carbocycles. The highest BCUT2D eigenvalue weighted by molar-refractivity contribution is 6.34. The van der Waals surface area contributed by atoms with E-state index < -0.39 is 5.91 Å². The van der Waals surface area contributed by atoms with Gasteiger partial charge in [-0.05, 0) is 57.2 Å². The SMILES string of the molecule is Cc1nn(C)c2nc(-c3ccco3)cc(C(=O)Nc3cc(C(=O)NC(C)C)ccc3Cl)c12. The number of hydrogen-bond acceptors (Lipinski definition) is 5. The summed E-state index contributed by atoms with van der Waals surface area (Å²) in [5.41, 5.74) is 2.83. The minimum Gasteiger partial charge on any atom is -0.463 e. The molecule has 8 nitrogen and oxygen atoms in total. The summed E-state index contributed by atoms with van der Waals surface area (Å²) in [5, 5.41) is 11.0. The molecule has 0 saturated heterocycles. The summed E-state index contributed by atoms with van der Waals surface area (Å²) in [6.45, 7) is 5.56. The number of benzene rings is 1. The number of fused-ring (bicyclic) bond motifs is 1. The van der Waals surface area contributed by atoms with E-state index in [0.29, 0.717) is 50.0 Å². The summed E-state index contributed by atoms with van der Waals surface area (Å²) in [5.74, 6) is -0.114. The first kappa shape index (κ1) is 21.6. The van der Waals surface area contributed by atoms with Crippen LogP contribution >= 0.6 is 11.6 Å². The topological polar surface area (TPSA) is 102 Å². The Morgan fingerprint density at radius 3 is 2.62 bits per heavy atom. The van der Waals surface area contributed by atoms with Crippen LogP contribution < -0.4 is 10.6 Å². The van der Waals surface area contributed by atoms with Gasteiger partial charge in [0.15, 0.2) is 11.4 Å². The summed E-state index contributed by atoms with van der Waals surface area (Å²) in [6, 6.07) is 9.91. The lowest BCUT2D eigenvalue weighted by Gasteiger charge is -2.12. The molecule has 9 heteroatoms. The van der Waals surface area contributed by atoms with E-state index >= 15 is 0 Å². The average Bonchev–Trinajstić information content (AvgIpc) is 3.37. The normalized spacial score (nSPS) is 11.2. The molecule has 0 atom stereocenters. The zero-order chi connectivity index (χ0) is 23.0. The van der Waals surface area contributed by atoms with Gasteiger partial charge in [0.05, 0.1) is 33.6 Å². The number of amides is 2. The van der Waals surface area contributed by atoms with Crippen molar-refractivity contribution in [3.05, 3.63) is 64.5 Å². The van der Waals surface area contributed by atoms with Crippen LogP contribution in [0.1, 0.15) is 40.3 Å². The van der Waals surface area contributed by atoms with Crippen molar-refractivity contribution in [2.45, 2.75) is 26.8 Å². The highest BCUT2D eigenvalue weighted by Gasteiger charge is 2.21. The van der Waals surface area contributed by atoms with Gasteiger partial charge in [0.1, 0.15) is 5.69 Å². The molecule has 4 aromatic rings. The van der Waals surface area contributed by atoms with Gasteiger partial charge in [-0.3, -0.25) is 14.3 Å². The Morgan fingerprint density at radius 1 is 1.16 bits per heavy atom. The largest absolute Gasteiger partial charge is 0.463 e. The molecule has 0 fully saturated rings. The van der Waals surface area contributed by atoms with Crippen LogP contribution in [-0.2, 0) is 7.05 Å². The molecule has 32 heavy (non-hydrogen) atoms. The number of pyridine rings is 1. The molecule has 2 amide bonds. The maximum absolute atomic E-state index is 13.4. The number of hydrogen-bond donors (Lipinski definition) is 2. The molecule has 3 heterocycles. The smallest absolute Gasteiger partial charge is 0.256 e. The van der Waals surface area contributed by atoms with Crippen molar-refractivity contribution in [3.8, 4) is 11.5 Å². The predicted molar refractivity (Wildman–Crippen MR) is 123 cm³/mol. The van der Waals surface area contributed by atoms with Gasteiger partial charge in [0.25, 0.3) is 11.8 Å². The summed E-state index contributed by atoms with van der Waals surface area (Å²) in [7, 11) is 1.77. The van der Waals surface area contributed by atoms with E-state index in [2.05, 4.69) is 20.7 Å². The van der Waals surface area contributed by atoms with E-state index in [1.807, 2.05) is 20.8 Å². The van der Waals surface area contributed by atoms with Crippen molar-refractivity contribution in [3.63, 3.8) is 0 Å². The van der Waals surface area contributed by atoms with Crippen LogP contribution in [0.4, 0.5) is 5.69 Å². The lowest BCUT2D eigenvalue weighted by Crippen LogP contribution is -2.30. The molecule has 0 aliphatic rings. The Morgan fingerprint density at radius 2 is 1.94 bits per heavy atom. The predicted octanol–water partition coefficient (Wildman–Crippen LogP) is 4.58. The lowest BCUT2D eigenvalue weighted by molar-refractivity contribution is 0.0942. The third-order valence-electron chi connectivity index (χ3n) is 4.88. The maximum atomic E-state index is 13.4. The number of carbonyl (C=O) groups excluding carboxylic acids is 2. The monoisotopic (exact) mass is 451 g/mol. The van der Waals surface area contributed by atoms with Crippen molar-refractivity contribution in [1.29, 1.82) is 0 Å². The number of halogens is 1. The molecule has 0 saturated carbocycles. The van der Waals surface area contributed by atoms with Gasteiger partial charge in [-0.2, -0.15) is 5.10 Å². The van der Waals surface area contributed by atoms with Crippen LogP contribution in [-0.4, -0.2) is 32.6 Å². The summed E-state index contributed by atoms with van der Waals surface area (Å²) >= 11 is 6.31. The summed E-state index contributed by atoms with van der Waals surface area (Å²) < 4.78 is 7.09. The standard InChI is InChI=1S/C23H22ClN5O3/c1-12(2)25-22(30)14-7-8-16(24)17(10-14)27-23(31)15-11-18(19-6-5-9-32-19)26-21-20(15)13(3)28-29(21)4/h5-12H,1-4H3,(H,25,30)(H,27,31). The summed E-state index contributed by atoms with van der Waals surface area (Å²) in [4.78, 5) is 30.4. The number of carbonyl (C=O) groups is 2. The van der Waals surface area contributed by atoms with Crippen LogP contribution in [0, 0.1) is 6.92 Å². The number of furan rings is 1. The quantitative estimate of drug-likeness (QED) is 0.462. The molecule has 0 aliphatic heterocycles. The first-order chi connectivity index (χ1) is 15.2. The van der Waals surface area contributed by atoms with Gasteiger partial charge in [-0.1, -0.05) is 11.6 Å². The Hall–Kier alpha value is -3.65. The molecule has 2 N–H and O–H groups in total. The minimum absolute atomic E-state index is 0.0186. The first-order valence-corrected chi connectivity index (χ1v) is 10.4. The van der Waals surface area contributed by atoms with Crippen molar-refractivity contribution >= 4 is 40.1 Å². The molecule has 0 unspecified atom stereocenters. The van der Waals surface area contributed by atoms with Gasteiger partial charge in [0.2, 0.25) is 0 Å². The van der Waals surface area contributed by atoms with Crippen LogP contribution in [0.3, 0.4) is 0 Å². The van der Waals surface area contributed by atoms with Gasteiger partial charge in [0, 0.05) is 18.7 Å². The maximum Gasteiger partial charge on any atom is 0.256 e. The average molecular weight is 452 g/mol.